The van der Waals surface area contributed by atoms with Crippen molar-refractivity contribution >= 4 is 70.6 Å². The van der Waals surface area contributed by atoms with Crippen molar-refractivity contribution in [2.75, 3.05) is 26.7 Å². The molecule has 0 aromatic rings. The molecule has 50 heteroatoms. The number of hydrogen-bond donors (Lipinski definition) is 20. The summed E-state index contributed by atoms with van der Waals surface area (Å²) in [6, 6.07) is -6.68. The minimum Gasteiger partial charge on any atom is -0.388 e. The normalized spacial score (nSPS) is 40.9. The number of hydrogen-bond acceptors (Lipinski definition) is 42. The molecule has 10 heterocycles. The van der Waals surface area contributed by atoms with Crippen molar-refractivity contribution in [3.63, 3.8) is 0 Å². The summed E-state index contributed by atoms with van der Waals surface area (Å²) in [4.78, 5) is 161. The molecular formula is C82H128N10O40. The van der Waals surface area contributed by atoms with Crippen LogP contribution in [0.3, 0.4) is 0 Å². The Hall–Kier alpha value is -7.28. The van der Waals surface area contributed by atoms with E-state index >= 15 is 0 Å². The molecule has 0 spiro atoms. The van der Waals surface area contributed by atoms with E-state index in [4.69, 9.17) is 75.8 Å². The number of nitrogens with zero attached hydrogens (tertiary/aromatic N) is 2. The van der Waals surface area contributed by atoms with Crippen LogP contribution in [-0.2, 0) is 133 Å². The Kier molecular flexibility index (Phi) is 36.7. The maximum atomic E-state index is 15.0. The Morgan fingerprint density at radius 3 is 0.848 bits per heavy atom. The molecule has 10 aliphatic heterocycles. The van der Waals surface area contributed by atoms with Gasteiger partial charge in [0.25, 0.3) is 35.4 Å². The molecular weight excluding hydrogens is 1760 g/mol. The van der Waals surface area contributed by atoms with Gasteiger partial charge in [-0.1, -0.05) is 48.5 Å². The highest BCUT2D eigenvalue weighted by molar-refractivity contribution is 6.13. The molecule has 40 unspecified atom stereocenters. The molecule has 0 aromatic carbocycles. The highest BCUT2D eigenvalue weighted by Gasteiger charge is 2.63. The maximum Gasteiger partial charge on any atom is 0.254 e. The first-order valence-corrected chi connectivity index (χ1v) is 43.8. The zero-order chi connectivity index (χ0) is 97.6. The van der Waals surface area contributed by atoms with Gasteiger partial charge in [-0.05, 0) is 65.7 Å². The van der Waals surface area contributed by atoms with E-state index in [9.17, 15) is 119 Å². The van der Waals surface area contributed by atoms with Crippen molar-refractivity contribution < 1.29 is 195 Å². The van der Waals surface area contributed by atoms with Crippen LogP contribution < -0.4 is 42.5 Å². The van der Waals surface area contributed by atoms with E-state index in [-0.39, 0.29) is 32.4 Å². The molecule has 0 bridgehead atoms. The van der Waals surface area contributed by atoms with Crippen molar-refractivity contribution in [3.8, 4) is 0 Å². The van der Waals surface area contributed by atoms with Crippen LogP contribution in [0.4, 0.5) is 0 Å². The molecule has 8 fully saturated rings. The molecule has 8 saturated heterocycles. The summed E-state index contributed by atoms with van der Waals surface area (Å²) in [5, 5.41) is 166. The zero-order valence-electron chi connectivity index (χ0n) is 75.8. The molecule has 0 saturated carbocycles. The van der Waals surface area contributed by atoms with Crippen LogP contribution in [0.15, 0.2) is 24.3 Å². The Balaban J connectivity index is 0.898. The van der Waals surface area contributed by atoms with Gasteiger partial charge >= 0.3 is 0 Å². The fourth-order valence-electron chi connectivity index (χ4n) is 17.3. The van der Waals surface area contributed by atoms with Crippen molar-refractivity contribution in [3.05, 3.63) is 24.3 Å². The Bertz CT molecular complexity index is 4070. The maximum absolute atomic E-state index is 15.0. The number of carbonyl (C=O) groups is 12. The quantitative estimate of drug-likeness (QED) is 0.0159. The van der Waals surface area contributed by atoms with E-state index in [1.54, 1.807) is 27.7 Å². The van der Waals surface area contributed by atoms with Crippen LogP contribution in [0, 0.1) is 5.41 Å². The molecule has 20 N–H and O–H groups in total. The van der Waals surface area contributed by atoms with Crippen LogP contribution in [-0.4, -0.2) is 419 Å². The van der Waals surface area contributed by atoms with Crippen LogP contribution in [0.5, 0.6) is 0 Å². The van der Waals surface area contributed by atoms with E-state index in [1.165, 1.54) is 27.7 Å². The van der Waals surface area contributed by atoms with Gasteiger partial charge in [-0.3, -0.25) is 78.0 Å². The molecule has 10 amide bonds. The van der Waals surface area contributed by atoms with Gasteiger partial charge in [-0.25, -0.2) is 0 Å². The van der Waals surface area contributed by atoms with Gasteiger partial charge < -0.3 is 169 Å². The van der Waals surface area contributed by atoms with Crippen molar-refractivity contribution in [2.24, 2.45) is 5.41 Å². The summed E-state index contributed by atoms with van der Waals surface area (Å²) in [6.45, 7) is 20.8. The predicted molar refractivity (Wildman–Crippen MR) is 437 cm³/mol. The first-order chi connectivity index (χ1) is 61.9. The lowest BCUT2D eigenvalue weighted by molar-refractivity contribution is -0.377. The largest absolute Gasteiger partial charge is 0.388 e. The van der Waals surface area contributed by atoms with E-state index < -0.39 is 347 Å². The SMILES string of the molecule is CCC1OC(OC2C(C(=O)NCNCN3C(=O)C=CC3=O)OC(OC3C(O)C(CC)OC(OC4C(C(C)=O)OC(OC5C(O)C(CC)OC(C(C)(C)C)C5NC(C)=O)C(O)C4O)C3NC(C)=O)C(O)C2O)C(NC(C)=O)C(OC2OC(C(C)=O)C(OC3OC(CC)C(O)C(OC4OC(C(=O)NCNCN5C(=O)C=CC5=O)C(OC(C)(C)C)C(O)C4O)C3NC(C)=O)C(O)C2O)C1O. The van der Waals surface area contributed by atoms with Crippen molar-refractivity contribution in [2.45, 2.75) is 387 Å². The number of aliphatic hydroxyl groups excluding tert-OH is 12. The van der Waals surface area contributed by atoms with Gasteiger partial charge in [0, 0.05) is 52.0 Å². The molecule has 0 aliphatic carbocycles. The number of carbonyl (C=O) groups excluding carboxylic acids is 12. The van der Waals surface area contributed by atoms with E-state index in [2.05, 4.69) is 42.5 Å². The average molecular weight is 1890 g/mol. The molecule has 0 aromatic heterocycles. The number of imide groups is 2. The lowest BCUT2D eigenvalue weighted by Gasteiger charge is -2.52. The number of ether oxygens (including phenoxy) is 16. The minimum atomic E-state index is -2.47. The zero-order valence-corrected chi connectivity index (χ0v) is 75.8. The van der Waals surface area contributed by atoms with Gasteiger partial charge in [0.15, 0.2) is 67.8 Å². The molecule has 10 rings (SSSR count). The highest BCUT2D eigenvalue weighted by atomic mass is 16.8. The number of Topliss-reactive ketones (excluding diaryl/α,β-unsaturated/α-hetero) is 2. The van der Waals surface area contributed by atoms with Crippen LogP contribution in [0.2, 0.25) is 0 Å². The smallest absolute Gasteiger partial charge is 0.254 e. The molecule has 50 nitrogen and oxygen atoms in total. The van der Waals surface area contributed by atoms with Crippen LogP contribution >= 0.6 is 0 Å². The Morgan fingerprint density at radius 2 is 0.576 bits per heavy atom. The van der Waals surface area contributed by atoms with Crippen molar-refractivity contribution in [1.29, 1.82) is 0 Å². The summed E-state index contributed by atoms with van der Waals surface area (Å²) >= 11 is 0. The molecule has 0 radical (unpaired) electrons. The van der Waals surface area contributed by atoms with Gasteiger partial charge in [0.1, 0.15) is 152 Å². The average Bonchev–Trinajstić information content (AvgIpc) is 0.787. The van der Waals surface area contributed by atoms with Gasteiger partial charge in [0.05, 0.1) is 68.8 Å². The fraction of sp³-hybridized carbons (Fsp3) is 0.805. The van der Waals surface area contributed by atoms with Gasteiger partial charge in [-0.15, -0.1) is 0 Å². The number of rotatable bonds is 35. The first-order valence-electron chi connectivity index (χ1n) is 43.8. The summed E-state index contributed by atoms with van der Waals surface area (Å²) in [7, 11) is 0. The third-order valence-electron chi connectivity index (χ3n) is 23.8. The lowest BCUT2D eigenvalue weighted by Crippen LogP contribution is -2.71. The van der Waals surface area contributed by atoms with Crippen molar-refractivity contribution in [1.82, 2.24) is 52.3 Å². The molecule has 746 valence electrons. The Morgan fingerprint density at radius 1 is 0.326 bits per heavy atom. The summed E-state index contributed by atoms with van der Waals surface area (Å²) in [5.74, 6) is -10.0. The van der Waals surface area contributed by atoms with E-state index in [0.29, 0.717) is 0 Å². The standard InChI is InChI=1S/C82H128N10O40/c1-17-35-47(103)61(43(87-31(7)95)71(117-35)81(11,12)13)123-77-55(111)51(107)65(59(121-77)29(5)93)127-74-44(88-32(8)96)63(49(105)36(18-2)118-74)125-79-57(113)53(109)67(69(130-79)72(115)85-25-83-27-91-39(99)21-22-40(91)100)129-76-46(90-34(10)98)62(48(104)38(20-4)120-76)124-78-56(112)52(108)66(60(122-78)30(6)94)128-75-45(89-33(9)97)64(50(106)37(19-3)119-75)126-80-58(114)54(110)68(132-82(14,15)16)70(131-80)73(116)86-26-84-28-92-41(101)23-24-42(92)102/h21-24,35-38,43-71,74-80,83-84,103-114H,17-20,25-28H2,1-16H3,(H,85,115)(H,86,116)(H,87,95)(H,88,96)(H,89,97)(H,90,98). The second kappa shape index (κ2) is 45.3. The molecule has 10 aliphatic rings. The summed E-state index contributed by atoms with van der Waals surface area (Å²) < 4.78 is 100. The van der Waals surface area contributed by atoms with E-state index in [0.717, 1.165) is 68.7 Å². The molecule has 132 heavy (non-hydrogen) atoms. The topological polar surface area (TPSA) is 698 Å². The number of amides is 10. The Labute approximate surface area is 758 Å². The minimum absolute atomic E-state index is 0.0977. The number of ketones is 2. The predicted octanol–water partition coefficient (Wildman–Crippen LogP) is -9.99. The summed E-state index contributed by atoms with van der Waals surface area (Å²) in [6.07, 6.45) is -65.4. The fourth-order valence-corrected chi connectivity index (χ4v) is 17.3. The first kappa shape index (κ1) is 107. The lowest BCUT2D eigenvalue weighted by atomic mass is 9.78. The monoisotopic (exact) mass is 1890 g/mol. The van der Waals surface area contributed by atoms with Crippen LogP contribution in [0.1, 0.15) is 136 Å². The van der Waals surface area contributed by atoms with Crippen LogP contribution in [0.25, 0.3) is 0 Å². The van der Waals surface area contributed by atoms with Gasteiger partial charge in [-0.2, -0.15) is 0 Å². The number of nitrogens with one attached hydrogen (secondary N) is 8. The third kappa shape index (κ3) is 24.6. The summed E-state index contributed by atoms with van der Waals surface area (Å²) in [5.41, 5.74) is -1.83. The second-order valence-corrected chi connectivity index (χ2v) is 36.0. The van der Waals surface area contributed by atoms with Gasteiger partial charge in [0.2, 0.25) is 23.6 Å². The number of aliphatic hydroxyl groups is 12. The molecule has 40 atom stereocenters. The highest BCUT2D eigenvalue weighted by Crippen LogP contribution is 2.43. The second-order valence-electron chi connectivity index (χ2n) is 36.0. The van der Waals surface area contributed by atoms with E-state index in [1.807, 2.05) is 20.8 Å². The third-order valence-corrected chi connectivity index (χ3v) is 23.8.